The van der Waals surface area contributed by atoms with Gasteiger partial charge < -0.3 is 10.1 Å². The molecule has 0 bridgehead atoms. The van der Waals surface area contributed by atoms with Gasteiger partial charge in [-0.25, -0.2) is 9.97 Å². The molecule has 0 aromatic carbocycles. The quantitative estimate of drug-likeness (QED) is 0.921. The number of nitrogens with one attached hydrogen (secondary N) is 1. The zero-order valence-corrected chi connectivity index (χ0v) is 11.2. The molecule has 5 heteroatoms. The predicted octanol–water partition coefficient (Wildman–Crippen LogP) is 2.92. The standard InChI is InChI=1S/C13H17N3OS/c1-2-11-9(3-5-17-11)7-14-13-12-10(4-6-18-12)15-8-16-13/h4,6,8-9,11H,2-3,5,7H2,1H3,(H,14,15,16). The lowest BCUT2D eigenvalue weighted by molar-refractivity contribution is 0.0900. The molecule has 2 aromatic heterocycles. The molecule has 0 radical (unpaired) electrons. The van der Waals surface area contributed by atoms with Gasteiger partial charge in [-0.15, -0.1) is 11.3 Å². The summed E-state index contributed by atoms with van der Waals surface area (Å²) in [6.07, 6.45) is 4.26. The number of rotatable bonds is 4. The normalized spacial score (nSPS) is 23.6. The largest absolute Gasteiger partial charge is 0.378 e. The number of aromatic nitrogens is 2. The Morgan fingerprint density at radius 1 is 1.50 bits per heavy atom. The second-order valence-electron chi connectivity index (χ2n) is 4.60. The summed E-state index contributed by atoms with van der Waals surface area (Å²) in [5, 5.41) is 5.51. The van der Waals surface area contributed by atoms with Crippen molar-refractivity contribution < 1.29 is 4.74 Å². The first-order valence-corrected chi connectivity index (χ1v) is 7.30. The molecule has 3 rings (SSSR count). The van der Waals surface area contributed by atoms with Crippen molar-refractivity contribution in [2.24, 2.45) is 5.92 Å². The van der Waals surface area contributed by atoms with Gasteiger partial charge in [0.15, 0.2) is 0 Å². The molecule has 1 aliphatic heterocycles. The van der Waals surface area contributed by atoms with Gasteiger partial charge in [-0.1, -0.05) is 6.92 Å². The molecule has 3 heterocycles. The van der Waals surface area contributed by atoms with Crippen LogP contribution >= 0.6 is 11.3 Å². The number of ether oxygens (including phenoxy) is 1. The molecule has 2 unspecified atom stereocenters. The van der Waals surface area contributed by atoms with E-state index in [0.717, 1.165) is 42.0 Å². The van der Waals surface area contributed by atoms with Gasteiger partial charge in [-0.2, -0.15) is 0 Å². The lowest BCUT2D eigenvalue weighted by atomic mass is 10.00. The summed E-state index contributed by atoms with van der Waals surface area (Å²) in [5.74, 6) is 1.55. The third-order valence-corrected chi connectivity index (χ3v) is 4.43. The van der Waals surface area contributed by atoms with Gasteiger partial charge >= 0.3 is 0 Å². The average Bonchev–Trinajstić information content (AvgIpc) is 3.04. The molecular weight excluding hydrogens is 246 g/mol. The SMILES string of the molecule is CCC1OCCC1CNc1ncnc2ccsc12. The maximum atomic E-state index is 5.71. The fourth-order valence-electron chi connectivity index (χ4n) is 2.52. The maximum Gasteiger partial charge on any atom is 0.147 e. The maximum absolute atomic E-state index is 5.71. The van der Waals surface area contributed by atoms with Crippen LogP contribution in [0.25, 0.3) is 10.2 Å². The van der Waals surface area contributed by atoms with Gasteiger partial charge in [-0.05, 0) is 24.3 Å². The summed E-state index contributed by atoms with van der Waals surface area (Å²) in [7, 11) is 0. The zero-order valence-electron chi connectivity index (χ0n) is 10.4. The molecule has 4 nitrogen and oxygen atoms in total. The molecule has 1 fully saturated rings. The Labute approximate surface area is 110 Å². The van der Waals surface area contributed by atoms with Crippen molar-refractivity contribution in [2.45, 2.75) is 25.9 Å². The fraction of sp³-hybridized carbons (Fsp3) is 0.538. The van der Waals surface area contributed by atoms with Crippen molar-refractivity contribution in [2.75, 3.05) is 18.5 Å². The smallest absolute Gasteiger partial charge is 0.147 e. The van der Waals surface area contributed by atoms with Crippen LogP contribution in [-0.2, 0) is 4.74 Å². The summed E-state index contributed by atoms with van der Waals surface area (Å²) in [5.41, 5.74) is 1.02. The van der Waals surface area contributed by atoms with Crippen LogP contribution in [0.2, 0.25) is 0 Å². The molecule has 0 aliphatic carbocycles. The van der Waals surface area contributed by atoms with Crippen LogP contribution in [-0.4, -0.2) is 29.2 Å². The highest BCUT2D eigenvalue weighted by Gasteiger charge is 2.26. The Hall–Kier alpha value is -1.20. The van der Waals surface area contributed by atoms with Crippen LogP contribution in [0.3, 0.4) is 0 Å². The second kappa shape index (κ2) is 5.20. The number of hydrogen-bond donors (Lipinski definition) is 1. The van der Waals surface area contributed by atoms with E-state index in [-0.39, 0.29) is 0 Å². The van der Waals surface area contributed by atoms with Crippen LogP contribution in [0.5, 0.6) is 0 Å². The second-order valence-corrected chi connectivity index (χ2v) is 5.52. The van der Waals surface area contributed by atoms with Crippen LogP contribution < -0.4 is 5.32 Å². The zero-order chi connectivity index (χ0) is 12.4. The van der Waals surface area contributed by atoms with E-state index in [9.17, 15) is 0 Å². The highest BCUT2D eigenvalue weighted by molar-refractivity contribution is 7.17. The number of anilines is 1. The van der Waals surface area contributed by atoms with E-state index in [1.54, 1.807) is 17.7 Å². The third kappa shape index (κ3) is 2.20. The number of fused-ring (bicyclic) bond motifs is 1. The van der Waals surface area contributed by atoms with E-state index in [1.165, 1.54) is 0 Å². The van der Waals surface area contributed by atoms with E-state index in [1.807, 2.05) is 6.07 Å². The molecule has 0 saturated carbocycles. The Balaban J connectivity index is 1.71. The van der Waals surface area contributed by atoms with E-state index >= 15 is 0 Å². The van der Waals surface area contributed by atoms with Crippen LogP contribution in [0.4, 0.5) is 5.82 Å². The van der Waals surface area contributed by atoms with Gasteiger partial charge in [0, 0.05) is 19.1 Å². The molecule has 1 aliphatic rings. The van der Waals surface area contributed by atoms with Crippen molar-refractivity contribution in [3.05, 3.63) is 17.8 Å². The predicted molar refractivity (Wildman–Crippen MR) is 74.0 cm³/mol. The molecule has 1 N–H and O–H groups in total. The monoisotopic (exact) mass is 263 g/mol. The first-order valence-electron chi connectivity index (χ1n) is 6.42. The Morgan fingerprint density at radius 2 is 2.44 bits per heavy atom. The van der Waals surface area contributed by atoms with Crippen LogP contribution in [0.15, 0.2) is 17.8 Å². The van der Waals surface area contributed by atoms with Crippen molar-refractivity contribution in [1.29, 1.82) is 0 Å². The summed E-state index contributed by atoms with van der Waals surface area (Å²) < 4.78 is 6.85. The first kappa shape index (κ1) is 11.9. The Kier molecular flexibility index (Phi) is 3.43. The van der Waals surface area contributed by atoms with Crippen LogP contribution in [0, 0.1) is 5.92 Å². The summed E-state index contributed by atoms with van der Waals surface area (Å²) in [4.78, 5) is 8.59. The van der Waals surface area contributed by atoms with Crippen molar-refractivity contribution in [3.63, 3.8) is 0 Å². The highest BCUT2D eigenvalue weighted by Crippen LogP contribution is 2.27. The molecule has 2 aromatic rings. The van der Waals surface area contributed by atoms with Crippen molar-refractivity contribution in [3.8, 4) is 0 Å². The molecule has 0 spiro atoms. The Bertz CT molecular complexity index is 528. The fourth-order valence-corrected chi connectivity index (χ4v) is 3.33. The van der Waals surface area contributed by atoms with Gasteiger partial charge in [0.25, 0.3) is 0 Å². The minimum absolute atomic E-state index is 0.401. The first-order chi connectivity index (χ1) is 8.88. The van der Waals surface area contributed by atoms with Gasteiger partial charge in [0.1, 0.15) is 12.1 Å². The molecule has 96 valence electrons. The van der Waals surface area contributed by atoms with Crippen molar-refractivity contribution >= 4 is 27.4 Å². The van der Waals surface area contributed by atoms with E-state index in [4.69, 9.17) is 4.74 Å². The molecule has 0 amide bonds. The van der Waals surface area contributed by atoms with Crippen LogP contribution in [0.1, 0.15) is 19.8 Å². The summed E-state index contributed by atoms with van der Waals surface area (Å²) in [6, 6.07) is 2.03. The minimum Gasteiger partial charge on any atom is -0.378 e. The number of nitrogens with zero attached hydrogens (tertiary/aromatic N) is 2. The van der Waals surface area contributed by atoms with E-state index in [0.29, 0.717) is 12.0 Å². The van der Waals surface area contributed by atoms with E-state index < -0.39 is 0 Å². The van der Waals surface area contributed by atoms with Gasteiger partial charge in [-0.3, -0.25) is 0 Å². The average molecular weight is 263 g/mol. The molecule has 2 atom stereocenters. The number of hydrogen-bond acceptors (Lipinski definition) is 5. The van der Waals surface area contributed by atoms with E-state index in [2.05, 4.69) is 27.6 Å². The summed E-state index contributed by atoms with van der Waals surface area (Å²) in [6.45, 7) is 4.01. The number of thiophene rings is 1. The lowest BCUT2D eigenvalue weighted by Gasteiger charge is -2.17. The van der Waals surface area contributed by atoms with Gasteiger partial charge in [0.2, 0.25) is 0 Å². The Morgan fingerprint density at radius 3 is 3.33 bits per heavy atom. The molecular formula is C13H17N3OS. The third-order valence-electron chi connectivity index (χ3n) is 3.52. The summed E-state index contributed by atoms with van der Waals surface area (Å²) >= 11 is 1.68. The topological polar surface area (TPSA) is 47.0 Å². The van der Waals surface area contributed by atoms with Gasteiger partial charge in [0.05, 0.1) is 16.3 Å². The molecule has 18 heavy (non-hydrogen) atoms. The highest BCUT2D eigenvalue weighted by atomic mass is 32.1. The minimum atomic E-state index is 0.401. The lowest BCUT2D eigenvalue weighted by Crippen LogP contribution is -2.23. The van der Waals surface area contributed by atoms with Crippen molar-refractivity contribution in [1.82, 2.24) is 9.97 Å². The molecule has 1 saturated heterocycles.